The zero-order valence-corrected chi connectivity index (χ0v) is 12.3. The zero-order chi connectivity index (χ0) is 15.6. The number of hydrogen-bond donors (Lipinski definition) is 3. The van der Waals surface area contributed by atoms with Crippen LogP contribution in [-0.4, -0.2) is 63.9 Å². The van der Waals surface area contributed by atoms with Gasteiger partial charge >= 0.3 is 5.97 Å². The Hall–Kier alpha value is -1.18. The monoisotopic (exact) mass is 298 g/mol. The molecule has 2 heterocycles. The Morgan fingerprint density at radius 2 is 2.05 bits per heavy atom. The number of carbonyl (C=O) groups excluding carboxylic acids is 1. The minimum atomic E-state index is -1.12. The molecule has 0 aromatic carbocycles. The standard InChI is InChI=1S/C14H22N2O5/c1-13(2)10-8(3-4-21-10)14(13,15)12(20)16-6-7(17)5-9(16)11(18)19/h7-10,17H,3-6,15H2,1-2H3,(H,18,19)/t7-,8?,9-,10?,14?/m1/s1. The van der Waals surface area contributed by atoms with Crippen LogP contribution in [0.3, 0.4) is 0 Å². The van der Waals surface area contributed by atoms with E-state index in [1.807, 2.05) is 13.8 Å². The first-order chi connectivity index (χ1) is 9.71. The molecule has 3 aliphatic rings. The molecular weight excluding hydrogens is 276 g/mol. The highest BCUT2D eigenvalue weighted by Crippen LogP contribution is 2.59. The van der Waals surface area contributed by atoms with E-state index in [4.69, 9.17) is 10.5 Å². The van der Waals surface area contributed by atoms with Crippen molar-refractivity contribution >= 4 is 11.9 Å². The molecule has 0 bridgehead atoms. The van der Waals surface area contributed by atoms with E-state index in [-0.39, 0.29) is 30.9 Å². The number of nitrogens with two attached hydrogens (primary N) is 1. The summed E-state index contributed by atoms with van der Waals surface area (Å²) in [5.41, 5.74) is 4.79. The molecule has 2 saturated heterocycles. The summed E-state index contributed by atoms with van der Waals surface area (Å²) < 4.78 is 5.65. The van der Waals surface area contributed by atoms with Crippen molar-refractivity contribution in [2.24, 2.45) is 17.1 Å². The third kappa shape index (κ3) is 1.71. The molecule has 3 rings (SSSR count). The van der Waals surface area contributed by atoms with Gasteiger partial charge in [0.25, 0.3) is 0 Å². The Bertz CT molecular complexity index is 494. The molecule has 5 atom stereocenters. The van der Waals surface area contributed by atoms with E-state index in [0.717, 1.165) is 0 Å². The number of nitrogens with zero attached hydrogens (tertiary/aromatic N) is 1. The van der Waals surface area contributed by atoms with Gasteiger partial charge in [0.2, 0.25) is 5.91 Å². The van der Waals surface area contributed by atoms with Gasteiger partial charge in [0.05, 0.1) is 12.2 Å². The van der Waals surface area contributed by atoms with Crippen molar-refractivity contribution in [3.63, 3.8) is 0 Å². The van der Waals surface area contributed by atoms with Gasteiger partial charge in [-0.15, -0.1) is 0 Å². The summed E-state index contributed by atoms with van der Waals surface area (Å²) in [7, 11) is 0. The number of ether oxygens (including phenoxy) is 1. The van der Waals surface area contributed by atoms with Gasteiger partial charge in [0, 0.05) is 30.9 Å². The molecule has 1 aliphatic carbocycles. The van der Waals surface area contributed by atoms with E-state index in [0.29, 0.717) is 13.0 Å². The zero-order valence-electron chi connectivity index (χ0n) is 12.3. The van der Waals surface area contributed by atoms with Crippen LogP contribution in [0.15, 0.2) is 0 Å². The number of aliphatic hydroxyl groups is 1. The lowest BCUT2D eigenvalue weighted by molar-refractivity contribution is -0.186. The molecule has 7 nitrogen and oxygen atoms in total. The number of carbonyl (C=O) groups is 2. The molecule has 1 amide bonds. The summed E-state index contributed by atoms with van der Waals surface area (Å²) in [6, 6.07) is -0.995. The molecule has 1 saturated carbocycles. The molecule has 3 fully saturated rings. The third-order valence-electron chi connectivity index (χ3n) is 5.63. The molecule has 2 aliphatic heterocycles. The van der Waals surface area contributed by atoms with Gasteiger partial charge in [-0.05, 0) is 6.42 Å². The topological polar surface area (TPSA) is 113 Å². The molecule has 118 valence electrons. The van der Waals surface area contributed by atoms with Gasteiger partial charge < -0.3 is 25.6 Å². The maximum atomic E-state index is 12.9. The summed E-state index contributed by atoms with van der Waals surface area (Å²) in [4.78, 5) is 25.5. The minimum Gasteiger partial charge on any atom is -0.480 e. The second-order valence-electron chi connectivity index (χ2n) is 6.98. The van der Waals surface area contributed by atoms with Crippen molar-refractivity contribution in [1.29, 1.82) is 0 Å². The lowest BCUT2D eigenvalue weighted by atomic mass is 9.47. The highest BCUT2D eigenvalue weighted by molar-refractivity contribution is 5.93. The fourth-order valence-electron chi connectivity index (χ4n) is 4.33. The van der Waals surface area contributed by atoms with Crippen LogP contribution in [0.4, 0.5) is 0 Å². The summed E-state index contributed by atoms with van der Waals surface area (Å²) in [5, 5.41) is 19.0. The summed E-state index contributed by atoms with van der Waals surface area (Å²) in [5.74, 6) is -1.55. The van der Waals surface area contributed by atoms with Crippen LogP contribution >= 0.6 is 0 Å². The third-order valence-corrected chi connectivity index (χ3v) is 5.63. The smallest absolute Gasteiger partial charge is 0.326 e. The van der Waals surface area contributed by atoms with Gasteiger partial charge in [-0.2, -0.15) is 0 Å². The molecule has 0 aromatic rings. The van der Waals surface area contributed by atoms with Crippen LogP contribution in [0, 0.1) is 11.3 Å². The van der Waals surface area contributed by atoms with E-state index < -0.39 is 29.1 Å². The van der Waals surface area contributed by atoms with Crippen molar-refractivity contribution in [3.05, 3.63) is 0 Å². The SMILES string of the molecule is CC1(C)C2OCCC2C1(N)C(=O)N1C[C@H](O)C[C@@H]1C(=O)O. The average molecular weight is 298 g/mol. The van der Waals surface area contributed by atoms with Crippen molar-refractivity contribution in [1.82, 2.24) is 4.90 Å². The van der Waals surface area contributed by atoms with Crippen LogP contribution in [-0.2, 0) is 14.3 Å². The first-order valence-corrected chi connectivity index (χ1v) is 7.33. The molecule has 4 N–H and O–H groups in total. The predicted octanol–water partition coefficient (Wildman–Crippen LogP) is -0.825. The molecule has 3 unspecified atom stereocenters. The highest BCUT2D eigenvalue weighted by Gasteiger charge is 2.72. The highest BCUT2D eigenvalue weighted by atomic mass is 16.5. The number of rotatable bonds is 2. The number of fused-ring (bicyclic) bond motifs is 1. The number of aliphatic carboxylic acids is 1. The molecule has 21 heavy (non-hydrogen) atoms. The fourth-order valence-corrected chi connectivity index (χ4v) is 4.33. The van der Waals surface area contributed by atoms with Gasteiger partial charge in [-0.1, -0.05) is 13.8 Å². The van der Waals surface area contributed by atoms with Gasteiger partial charge in [-0.3, -0.25) is 4.79 Å². The van der Waals surface area contributed by atoms with Crippen LogP contribution in [0.25, 0.3) is 0 Å². The van der Waals surface area contributed by atoms with Gasteiger partial charge in [-0.25, -0.2) is 4.79 Å². The summed E-state index contributed by atoms with van der Waals surface area (Å²) >= 11 is 0. The summed E-state index contributed by atoms with van der Waals surface area (Å²) in [6.45, 7) is 4.39. The van der Waals surface area contributed by atoms with Crippen molar-refractivity contribution in [2.75, 3.05) is 13.2 Å². The number of carboxylic acids is 1. The van der Waals surface area contributed by atoms with E-state index in [1.54, 1.807) is 0 Å². The second kappa shape index (κ2) is 4.41. The van der Waals surface area contributed by atoms with Gasteiger partial charge in [0.1, 0.15) is 11.6 Å². The molecule has 0 aromatic heterocycles. The maximum absolute atomic E-state index is 12.9. The summed E-state index contributed by atoms with van der Waals surface area (Å²) in [6.07, 6.45) is -0.0909. The minimum absolute atomic E-state index is 0.0308. The number of hydrogen-bond acceptors (Lipinski definition) is 5. The normalized spacial score (nSPS) is 44.3. The van der Waals surface area contributed by atoms with Crippen LogP contribution in [0.2, 0.25) is 0 Å². The first kappa shape index (κ1) is 14.7. The van der Waals surface area contributed by atoms with Crippen molar-refractivity contribution < 1.29 is 24.5 Å². The molecule has 0 spiro atoms. The molecule has 0 radical (unpaired) electrons. The average Bonchev–Trinajstić information content (AvgIpc) is 3.02. The van der Waals surface area contributed by atoms with Crippen LogP contribution < -0.4 is 5.73 Å². The Morgan fingerprint density at radius 1 is 1.38 bits per heavy atom. The van der Waals surface area contributed by atoms with E-state index in [1.165, 1.54) is 4.90 Å². The number of carboxylic acid groups (broad SMARTS) is 1. The van der Waals surface area contributed by atoms with E-state index in [2.05, 4.69) is 0 Å². The quantitative estimate of drug-likeness (QED) is 0.613. The number of likely N-dealkylation sites (tertiary alicyclic amines) is 1. The maximum Gasteiger partial charge on any atom is 0.326 e. The van der Waals surface area contributed by atoms with Crippen molar-refractivity contribution in [2.45, 2.75) is 50.5 Å². The Morgan fingerprint density at radius 3 is 2.67 bits per heavy atom. The Labute approximate surface area is 123 Å². The van der Waals surface area contributed by atoms with E-state index >= 15 is 0 Å². The molecule has 7 heteroatoms. The Balaban J connectivity index is 1.89. The lowest BCUT2D eigenvalue weighted by Gasteiger charge is -2.61. The van der Waals surface area contributed by atoms with Gasteiger partial charge in [0.15, 0.2) is 0 Å². The predicted molar refractivity (Wildman–Crippen MR) is 72.3 cm³/mol. The fraction of sp³-hybridized carbons (Fsp3) is 0.857. The van der Waals surface area contributed by atoms with Crippen molar-refractivity contribution in [3.8, 4) is 0 Å². The molecular formula is C14H22N2O5. The Kier molecular flexibility index (Phi) is 3.10. The van der Waals surface area contributed by atoms with Crippen LogP contribution in [0.1, 0.15) is 26.7 Å². The van der Waals surface area contributed by atoms with Crippen LogP contribution in [0.5, 0.6) is 0 Å². The number of aliphatic hydroxyl groups excluding tert-OH is 1. The largest absolute Gasteiger partial charge is 0.480 e. The number of β-amino-alcohol motifs (C(OH)–C–C–N with tert-alkyl or cyclic N) is 1. The first-order valence-electron chi connectivity index (χ1n) is 7.33. The lowest BCUT2D eigenvalue weighted by Crippen LogP contribution is -2.80. The van der Waals surface area contributed by atoms with E-state index in [9.17, 15) is 19.8 Å². The second-order valence-corrected chi connectivity index (χ2v) is 6.98. The number of amides is 1.